The van der Waals surface area contributed by atoms with Gasteiger partial charge in [-0.2, -0.15) is 13.2 Å². The second-order valence-electron chi connectivity index (χ2n) is 12.1. The number of alkyl halides is 3. The second-order valence-corrected chi connectivity index (χ2v) is 12.5. The molecule has 3 heterocycles. The number of anilines is 2. The van der Waals surface area contributed by atoms with Crippen molar-refractivity contribution in [1.82, 2.24) is 9.80 Å². The van der Waals surface area contributed by atoms with E-state index in [2.05, 4.69) is 23.1 Å². The molecular formula is C36H36ClF3N4O5. The lowest BCUT2D eigenvalue weighted by Gasteiger charge is -2.31. The molecule has 258 valence electrons. The highest BCUT2D eigenvalue weighted by Crippen LogP contribution is 2.35. The predicted octanol–water partition coefficient (Wildman–Crippen LogP) is 6.55. The highest BCUT2D eigenvalue weighted by atomic mass is 35.5. The molecule has 1 fully saturated rings. The predicted molar refractivity (Wildman–Crippen MR) is 180 cm³/mol. The van der Waals surface area contributed by atoms with Crippen molar-refractivity contribution in [2.75, 3.05) is 36.0 Å². The number of carbonyl (C=O) groups excluding carboxylic acids is 3. The van der Waals surface area contributed by atoms with E-state index in [9.17, 15) is 27.6 Å². The molecule has 49 heavy (non-hydrogen) atoms. The first kappa shape index (κ1) is 35.5. The van der Waals surface area contributed by atoms with E-state index in [-0.39, 0.29) is 17.7 Å². The number of carboxylic acids is 1. The van der Waals surface area contributed by atoms with E-state index in [1.54, 1.807) is 41.0 Å². The molecule has 3 aromatic carbocycles. The number of benzene rings is 3. The summed E-state index contributed by atoms with van der Waals surface area (Å²) in [6.45, 7) is 5.69. The number of hydrogen-bond acceptors (Lipinski definition) is 5. The van der Waals surface area contributed by atoms with Crippen LogP contribution >= 0.6 is 11.6 Å². The van der Waals surface area contributed by atoms with Crippen LogP contribution in [0.25, 0.3) is 0 Å². The number of rotatable bonds is 5. The Labute approximate surface area is 287 Å². The molecule has 13 heteroatoms. The molecule has 0 aliphatic carbocycles. The van der Waals surface area contributed by atoms with Gasteiger partial charge >= 0.3 is 12.1 Å². The van der Waals surface area contributed by atoms with Crippen molar-refractivity contribution in [2.45, 2.75) is 51.5 Å². The Bertz CT molecular complexity index is 1720. The summed E-state index contributed by atoms with van der Waals surface area (Å²) < 4.78 is 31.7. The average Bonchev–Trinajstić information content (AvgIpc) is 3.62. The molecule has 0 aromatic heterocycles. The molecule has 1 unspecified atom stereocenters. The minimum absolute atomic E-state index is 0.00102. The summed E-state index contributed by atoms with van der Waals surface area (Å²) in [6, 6.07) is 19.9. The fourth-order valence-corrected chi connectivity index (χ4v) is 6.14. The van der Waals surface area contributed by atoms with Crippen molar-refractivity contribution in [2.24, 2.45) is 0 Å². The molecule has 3 amide bonds. The molecule has 6 rings (SSSR count). The van der Waals surface area contributed by atoms with Crippen molar-refractivity contribution in [3.63, 3.8) is 0 Å². The largest absolute Gasteiger partial charge is 0.490 e. The number of aliphatic carboxylic acids is 1. The van der Waals surface area contributed by atoms with Gasteiger partial charge in [0.2, 0.25) is 5.91 Å². The number of piperidine rings is 1. The standard InChI is InChI=1S/C34H35ClN4O3.C2HF3O2/c1-24-32(40)39(22-25-7-9-26(10-8-25)33(41)37-19-5-6-20-37)31-21-30(36-17-3-2-4-18-36)16-13-28(31)23-38(24)34(42)27-11-14-29(35)15-12-27;3-2(4,5)1(6)7/h5-16,21,24H,2-4,17-20,22-23H2,1H3;(H,6,7). The molecule has 0 saturated carbocycles. The molecular weight excluding hydrogens is 661 g/mol. The number of carbonyl (C=O) groups is 4. The van der Waals surface area contributed by atoms with Crippen LogP contribution in [0.1, 0.15) is 58.0 Å². The Morgan fingerprint density at radius 3 is 2.02 bits per heavy atom. The molecule has 3 aliphatic rings. The van der Waals surface area contributed by atoms with Crippen molar-refractivity contribution in [1.29, 1.82) is 0 Å². The molecule has 0 bridgehead atoms. The van der Waals surface area contributed by atoms with Gasteiger partial charge in [0, 0.05) is 54.6 Å². The van der Waals surface area contributed by atoms with E-state index < -0.39 is 18.2 Å². The van der Waals surface area contributed by atoms with Crippen LogP contribution in [0.3, 0.4) is 0 Å². The molecule has 3 aliphatic heterocycles. The van der Waals surface area contributed by atoms with E-state index in [0.717, 1.165) is 48.4 Å². The summed E-state index contributed by atoms with van der Waals surface area (Å²) in [5.41, 5.74) is 4.88. The number of hydrogen-bond donors (Lipinski definition) is 1. The van der Waals surface area contributed by atoms with Crippen molar-refractivity contribution in [3.8, 4) is 0 Å². The van der Waals surface area contributed by atoms with Gasteiger partial charge in [0.15, 0.2) is 0 Å². The third-order valence-corrected chi connectivity index (χ3v) is 9.01. The smallest absolute Gasteiger partial charge is 0.475 e. The minimum atomic E-state index is -5.08. The van der Waals surface area contributed by atoms with Crippen LogP contribution in [0.5, 0.6) is 0 Å². The average molecular weight is 697 g/mol. The second kappa shape index (κ2) is 15.1. The van der Waals surface area contributed by atoms with E-state index in [0.29, 0.717) is 42.3 Å². The van der Waals surface area contributed by atoms with Gasteiger partial charge in [-0.3, -0.25) is 14.4 Å². The summed E-state index contributed by atoms with van der Waals surface area (Å²) in [6.07, 6.45) is 2.44. The van der Waals surface area contributed by atoms with Crippen molar-refractivity contribution in [3.05, 3.63) is 106 Å². The lowest BCUT2D eigenvalue weighted by Crippen LogP contribution is -2.46. The molecule has 1 atom stereocenters. The van der Waals surface area contributed by atoms with Crippen LogP contribution in [-0.4, -0.2) is 77.0 Å². The quantitative estimate of drug-likeness (QED) is 0.304. The number of carboxylic acid groups (broad SMARTS) is 1. The third-order valence-electron chi connectivity index (χ3n) is 8.75. The van der Waals surface area contributed by atoms with Gasteiger partial charge in [-0.05, 0) is 85.8 Å². The number of amides is 3. The van der Waals surface area contributed by atoms with Gasteiger partial charge in [-0.15, -0.1) is 0 Å². The van der Waals surface area contributed by atoms with Gasteiger partial charge in [0.05, 0.1) is 12.2 Å². The van der Waals surface area contributed by atoms with Crippen LogP contribution in [-0.2, 0) is 22.7 Å². The molecule has 9 nitrogen and oxygen atoms in total. The Morgan fingerprint density at radius 2 is 1.43 bits per heavy atom. The zero-order chi connectivity index (χ0) is 35.3. The zero-order valence-corrected chi connectivity index (χ0v) is 27.6. The van der Waals surface area contributed by atoms with Gasteiger partial charge in [0.1, 0.15) is 6.04 Å². The summed E-state index contributed by atoms with van der Waals surface area (Å²) in [4.78, 5) is 57.2. The van der Waals surface area contributed by atoms with Crippen LogP contribution in [0.4, 0.5) is 24.5 Å². The first-order valence-corrected chi connectivity index (χ1v) is 16.3. The van der Waals surface area contributed by atoms with Crippen LogP contribution in [0.15, 0.2) is 78.9 Å². The highest BCUT2D eigenvalue weighted by Gasteiger charge is 2.38. The summed E-state index contributed by atoms with van der Waals surface area (Å²) in [5, 5.41) is 7.68. The highest BCUT2D eigenvalue weighted by molar-refractivity contribution is 6.30. The first-order valence-electron chi connectivity index (χ1n) is 15.9. The van der Waals surface area contributed by atoms with Crippen LogP contribution < -0.4 is 9.80 Å². The maximum Gasteiger partial charge on any atom is 0.490 e. The zero-order valence-electron chi connectivity index (χ0n) is 26.8. The molecule has 0 radical (unpaired) electrons. The van der Waals surface area contributed by atoms with Gasteiger partial charge in [-0.25, -0.2) is 4.79 Å². The first-order chi connectivity index (χ1) is 23.3. The molecule has 1 N–H and O–H groups in total. The Kier molecular flexibility index (Phi) is 11.0. The van der Waals surface area contributed by atoms with Gasteiger partial charge in [0.25, 0.3) is 11.8 Å². The Morgan fingerprint density at radius 1 is 0.857 bits per heavy atom. The van der Waals surface area contributed by atoms with Crippen LogP contribution in [0.2, 0.25) is 5.02 Å². The lowest BCUT2D eigenvalue weighted by atomic mass is 10.1. The number of nitrogens with zero attached hydrogens (tertiary/aromatic N) is 4. The number of fused-ring (bicyclic) bond motifs is 1. The maximum absolute atomic E-state index is 14.2. The lowest BCUT2D eigenvalue weighted by molar-refractivity contribution is -0.192. The van der Waals surface area contributed by atoms with Gasteiger partial charge < -0.3 is 24.7 Å². The topological polar surface area (TPSA) is 101 Å². The van der Waals surface area contributed by atoms with Crippen molar-refractivity contribution < 1.29 is 37.5 Å². The minimum Gasteiger partial charge on any atom is -0.475 e. The van der Waals surface area contributed by atoms with E-state index in [4.69, 9.17) is 21.5 Å². The van der Waals surface area contributed by atoms with E-state index >= 15 is 0 Å². The summed E-state index contributed by atoms with van der Waals surface area (Å²) in [5.74, 6) is -3.11. The van der Waals surface area contributed by atoms with Crippen LogP contribution in [0, 0.1) is 0 Å². The third kappa shape index (κ3) is 8.43. The van der Waals surface area contributed by atoms with Gasteiger partial charge in [-0.1, -0.05) is 42.0 Å². The molecule has 3 aromatic rings. The molecule has 0 spiro atoms. The Hall–Kier alpha value is -4.84. The monoisotopic (exact) mass is 696 g/mol. The summed E-state index contributed by atoms with van der Waals surface area (Å²) in [7, 11) is 0. The Balaban J connectivity index is 0.000000606. The number of halogens is 4. The summed E-state index contributed by atoms with van der Waals surface area (Å²) >= 11 is 6.07. The fraction of sp³-hybridized carbons (Fsp3) is 0.333. The fourth-order valence-electron chi connectivity index (χ4n) is 6.01. The van der Waals surface area contributed by atoms with E-state index in [1.165, 1.54) is 6.42 Å². The maximum atomic E-state index is 14.2. The SMILES string of the molecule is CC1C(=O)N(Cc2ccc(C(=O)N3CC=CC3)cc2)c2cc(N3CCCCC3)ccc2CN1C(=O)c1ccc(Cl)cc1.O=C(O)C(F)(F)F. The van der Waals surface area contributed by atoms with Crippen molar-refractivity contribution >= 4 is 46.7 Å². The molecule has 1 saturated heterocycles. The normalized spacial score (nSPS) is 17.7. The van der Waals surface area contributed by atoms with E-state index in [1.807, 2.05) is 41.3 Å².